The van der Waals surface area contributed by atoms with Crippen LogP contribution in [0, 0.1) is 0 Å². The van der Waals surface area contributed by atoms with E-state index < -0.39 is 18.5 Å². The zero-order valence-corrected chi connectivity index (χ0v) is 11.8. The van der Waals surface area contributed by atoms with Crippen LogP contribution in [0.15, 0.2) is 48.5 Å². The zero-order valence-electron chi connectivity index (χ0n) is 11.0. The molecule has 1 amide bonds. The molecule has 0 atom stereocenters. The Labute approximate surface area is 126 Å². The third-order valence-corrected chi connectivity index (χ3v) is 2.90. The summed E-state index contributed by atoms with van der Waals surface area (Å²) < 4.78 is 4.91. The van der Waals surface area contributed by atoms with Crippen molar-refractivity contribution in [2.75, 3.05) is 17.7 Å². The highest BCUT2D eigenvalue weighted by Gasteiger charge is 2.12. The largest absolute Gasteiger partial charge is 0.452 e. The van der Waals surface area contributed by atoms with Crippen molar-refractivity contribution in [1.82, 2.24) is 0 Å². The molecule has 2 aromatic rings. The molecule has 0 aliphatic rings. The molecule has 0 spiro atoms. The minimum Gasteiger partial charge on any atom is -0.452 e. The number of nitrogen functional groups attached to an aromatic ring is 1. The Balaban J connectivity index is 1.88. The van der Waals surface area contributed by atoms with E-state index in [0.717, 1.165) is 0 Å². The number of ether oxygens (including phenoxy) is 1. The van der Waals surface area contributed by atoms with E-state index in [1.165, 1.54) is 6.07 Å². The molecule has 2 aromatic carbocycles. The van der Waals surface area contributed by atoms with E-state index in [1.54, 1.807) is 42.5 Å². The average Bonchev–Trinajstić information content (AvgIpc) is 2.48. The number of esters is 1. The lowest BCUT2D eigenvalue weighted by molar-refractivity contribution is -0.119. The van der Waals surface area contributed by atoms with E-state index >= 15 is 0 Å². The van der Waals surface area contributed by atoms with Gasteiger partial charge in [0, 0.05) is 16.4 Å². The molecule has 0 fully saturated rings. The second-order valence-electron chi connectivity index (χ2n) is 4.22. The lowest BCUT2D eigenvalue weighted by Crippen LogP contribution is -2.21. The Morgan fingerprint density at radius 3 is 2.43 bits per heavy atom. The maximum Gasteiger partial charge on any atom is 0.340 e. The van der Waals surface area contributed by atoms with E-state index in [4.69, 9.17) is 22.1 Å². The molecule has 0 radical (unpaired) electrons. The van der Waals surface area contributed by atoms with Crippen molar-refractivity contribution in [2.24, 2.45) is 0 Å². The Hall–Kier alpha value is -2.53. The van der Waals surface area contributed by atoms with Crippen molar-refractivity contribution in [3.8, 4) is 0 Å². The molecular weight excluding hydrogens is 292 g/mol. The summed E-state index contributed by atoms with van der Waals surface area (Å²) in [4.78, 5) is 23.4. The molecule has 0 unspecified atom stereocenters. The number of carbonyl (C=O) groups excluding carboxylic acids is 2. The van der Waals surface area contributed by atoms with Crippen molar-refractivity contribution in [1.29, 1.82) is 0 Å². The maximum atomic E-state index is 11.8. The number of hydrogen-bond donors (Lipinski definition) is 2. The van der Waals surface area contributed by atoms with Crippen LogP contribution in [-0.4, -0.2) is 18.5 Å². The first-order valence-electron chi connectivity index (χ1n) is 6.13. The fourth-order valence-electron chi connectivity index (χ4n) is 1.62. The molecule has 0 aromatic heterocycles. The summed E-state index contributed by atoms with van der Waals surface area (Å²) in [6, 6.07) is 13.1. The van der Waals surface area contributed by atoms with E-state index in [9.17, 15) is 9.59 Å². The monoisotopic (exact) mass is 304 g/mol. The third kappa shape index (κ3) is 4.22. The van der Waals surface area contributed by atoms with Crippen molar-refractivity contribution in [2.45, 2.75) is 0 Å². The highest BCUT2D eigenvalue weighted by Crippen LogP contribution is 2.14. The van der Waals surface area contributed by atoms with Crippen molar-refractivity contribution >= 4 is 34.9 Å². The molecule has 21 heavy (non-hydrogen) atoms. The number of carbonyl (C=O) groups is 2. The van der Waals surface area contributed by atoms with Crippen LogP contribution in [0.2, 0.25) is 5.02 Å². The molecule has 5 nitrogen and oxygen atoms in total. The first kappa shape index (κ1) is 14.9. The lowest BCUT2D eigenvalue weighted by Gasteiger charge is -2.08. The second-order valence-corrected chi connectivity index (χ2v) is 4.65. The van der Waals surface area contributed by atoms with Gasteiger partial charge in [0.25, 0.3) is 5.91 Å². The standard InChI is InChI=1S/C15H13ClN2O3/c16-10-5-7-11(8-6-10)18-14(19)9-21-15(20)12-3-1-2-4-13(12)17/h1-8H,9,17H2,(H,18,19). The highest BCUT2D eigenvalue weighted by atomic mass is 35.5. The highest BCUT2D eigenvalue weighted by molar-refractivity contribution is 6.30. The van der Waals surface area contributed by atoms with E-state index in [0.29, 0.717) is 16.4 Å². The van der Waals surface area contributed by atoms with Crippen molar-refractivity contribution in [3.05, 3.63) is 59.1 Å². The third-order valence-electron chi connectivity index (χ3n) is 2.64. The van der Waals surface area contributed by atoms with Crippen LogP contribution in [0.3, 0.4) is 0 Å². The van der Waals surface area contributed by atoms with Crippen molar-refractivity contribution in [3.63, 3.8) is 0 Å². The fourth-order valence-corrected chi connectivity index (χ4v) is 1.75. The summed E-state index contributed by atoms with van der Waals surface area (Å²) >= 11 is 5.74. The zero-order chi connectivity index (χ0) is 15.2. The normalized spacial score (nSPS) is 9.95. The van der Waals surface area contributed by atoms with Gasteiger partial charge in [0.1, 0.15) is 0 Å². The van der Waals surface area contributed by atoms with Gasteiger partial charge in [-0.25, -0.2) is 4.79 Å². The van der Waals surface area contributed by atoms with Crippen LogP contribution in [-0.2, 0) is 9.53 Å². The maximum absolute atomic E-state index is 11.8. The topological polar surface area (TPSA) is 81.4 Å². The summed E-state index contributed by atoms with van der Waals surface area (Å²) in [5.74, 6) is -1.08. The first-order chi connectivity index (χ1) is 10.1. The van der Waals surface area contributed by atoms with Gasteiger partial charge in [-0.3, -0.25) is 4.79 Å². The average molecular weight is 305 g/mol. The molecule has 6 heteroatoms. The SMILES string of the molecule is Nc1ccccc1C(=O)OCC(=O)Nc1ccc(Cl)cc1. The van der Waals surface area contributed by atoms with Crippen molar-refractivity contribution < 1.29 is 14.3 Å². The number of nitrogens with two attached hydrogens (primary N) is 1. The number of benzene rings is 2. The molecule has 0 saturated heterocycles. The Morgan fingerprint density at radius 1 is 1.10 bits per heavy atom. The molecule has 0 heterocycles. The first-order valence-corrected chi connectivity index (χ1v) is 6.51. The number of anilines is 2. The molecule has 3 N–H and O–H groups in total. The van der Waals surface area contributed by atoms with Gasteiger partial charge in [-0.05, 0) is 36.4 Å². The predicted octanol–water partition coefficient (Wildman–Crippen LogP) is 2.72. The summed E-state index contributed by atoms with van der Waals surface area (Å²) in [6.07, 6.45) is 0. The second kappa shape index (κ2) is 6.76. The number of halogens is 1. The molecule has 0 saturated carbocycles. The van der Waals surface area contributed by atoms with Gasteiger partial charge in [-0.2, -0.15) is 0 Å². The minimum atomic E-state index is -0.639. The van der Waals surface area contributed by atoms with Gasteiger partial charge in [-0.1, -0.05) is 23.7 Å². The number of hydrogen-bond acceptors (Lipinski definition) is 4. The van der Waals surface area contributed by atoms with Gasteiger partial charge in [-0.15, -0.1) is 0 Å². The molecular formula is C15H13ClN2O3. The van der Waals surface area contributed by atoms with Gasteiger partial charge >= 0.3 is 5.97 Å². The summed E-state index contributed by atoms with van der Waals surface area (Å²) in [6.45, 7) is -0.393. The number of nitrogens with one attached hydrogen (secondary N) is 1. The van der Waals surface area contributed by atoms with E-state index in [-0.39, 0.29) is 5.56 Å². The molecule has 0 bridgehead atoms. The van der Waals surface area contributed by atoms with Crippen LogP contribution in [0.25, 0.3) is 0 Å². The molecule has 108 valence electrons. The Bertz CT molecular complexity index is 656. The van der Waals surface area contributed by atoms with Gasteiger partial charge < -0.3 is 15.8 Å². The number of amides is 1. The Morgan fingerprint density at radius 2 is 1.76 bits per heavy atom. The van der Waals surface area contributed by atoms with Gasteiger partial charge in [0.15, 0.2) is 6.61 Å². The van der Waals surface area contributed by atoms with Crippen LogP contribution in [0.5, 0.6) is 0 Å². The van der Waals surface area contributed by atoms with E-state index in [2.05, 4.69) is 5.32 Å². The lowest BCUT2D eigenvalue weighted by atomic mass is 10.2. The minimum absolute atomic E-state index is 0.233. The molecule has 0 aliphatic heterocycles. The van der Waals surface area contributed by atoms with Crippen LogP contribution >= 0.6 is 11.6 Å². The van der Waals surface area contributed by atoms with E-state index in [1.807, 2.05) is 0 Å². The van der Waals surface area contributed by atoms with Gasteiger partial charge in [0.2, 0.25) is 0 Å². The molecule has 0 aliphatic carbocycles. The summed E-state index contributed by atoms with van der Waals surface area (Å²) in [5, 5.41) is 3.15. The smallest absolute Gasteiger partial charge is 0.340 e. The van der Waals surface area contributed by atoms with Gasteiger partial charge in [0.05, 0.1) is 5.56 Å². The molecule has 2 rings (SSSR count). The number of para-hydroxylation sites is 1. The summed E-state index contributed by atoms with van der Waals surface area (Å²) in [5.41, 5.74) is 6.76. The Kier molecular flexibility index (Phi) is 4.79. The van der Waals surface area contributed by atoms with Crippen LogP contribution in [0.1, 0.15) is 10.4 Å². The predicted molar refractivity (Wildman–Crippen MR) is 81.2 cm³/mol. The van der Waals surface area contributed by atoms with Crippen LogP contribution < -0.4 is 11.1 Å². The quantitative estimate of drug-likeness (QED) is 0.672. The summed E-state index contributed by atoms with van der Waals surface area (Å²) in [7, 11) is 0. The fraction of sp³-hybridized carbons (Fsp3) is 0.0667. The number of rotatable bonds is 4. The van der Waals surface area contributed by atoms with Crippen LogP contribution in [0.4, 0.5) is 11.4 Å².